The molecule has 1 heterocycles. The molecular weight excluding hydrogens is 224 g/mol. The minimum atomic E-state index is 0.627. The summed E-state index contributed by atoms with van der Waals surface area (Å²) >= 11 is 0. The van der Waals surface area contributed by atoms with E-state index in [2.05, 4.69) is 54.8 Å². The van der Waals surface area contributed by atoms with Crippen LogP contribution in [0.5, 0.6) is 0 Å². The Morgan fingerprint density at radius 3 is 2.33 bits per heavy atom. The van der Waals surface area contributed by atoms with Crippen molar-refractivity contribution in [1.29, 1.82) is 0 Å². The van der Waals surface area contributed by atoms with Gasteiger partial charge in [0.1, 0.15) is 17.5 Å². The molecule has 4 nitrogen and oxygen atoms in total. The Labute approximate surface area is 111 Å². The molecule has 0 fully saturated rings. The van der Waals surface area contributed by atoms with E-state index in [-0.39, 0.29) is 0 Å². The number of nitrogens with zero attached hydrogens (tertiary/aromatic N) is 3. The van der Waals surface area contributed by atoms with Crippen LogP contribution in [0, 0.1) is 19.8 Å². The van der Waals surface area contributed by atoms with Crippen LogP contribution in [-0.2, 0) is 0 Å². The molecule has 1 N–H and O–H groups in total. The number of hydrogen-bond donors (Lipinski definition) is 1. The van der Waals surface area contributed by atoms with Gasteiger partial charge in [-0.3, -0.25) is 0 Å². The van der Waals surface area contributed by atoms with E-state index in [1.54, 1.807) is 0 Å². The lowest BCUT2D eigenvalue weighted by atomic mass is 10.2. The highest BCUT2D eigenvalue weighted by molar-refractivity contribution is 5.58. The van der Waals surface area contributed by atoms with Crippen LogP contribution in [0.1, 0.15) is 39.1 Å². The molecular formula is C14H26N4. The van der Waals surface area contributed by atoms with Gasteiger partial charge in [0.05, 0.1) is 0 Å². The number of anilines is 2. The van der Waals surface area contributed by atoms with Gasteiger partial charge in [-0.1, -0.05) is 13.8 Å². The first-order chi connectivity index (χ1) is 8.49. The first-order valence-electron chi connectivity index (χ1n) is 6.83. The molecule has 0 unspecified atom stereocenters. The molecule has 0 aliphatic heterocycles. The van der Waals surface area contributed by atoms with Crippen molar-refractivity contribution in [2.45, 2.75) is 41.5 Å². The van der Waals surface area contributed by atoms with Crippen molar-refractivity contribution in [3.05, 3.63) is 11.4 Å². The van der Waals surface area contributed by atoms with Gasteiger partial charge in [0.25, 0.3) is 0 Å². The summed E-state index contributed by atoms with van der Waals surface area (Å²) in [6.07, 6.45) is 0. The smallest absolute Gasteiger partial charge is 0.137 e. The highest BCUT2D eigenvalue weighted by Gasteiger charge is 2.15. The lowest BCUT2D eigenvalue weighted by molar-refractivity contribution is 0.612. The van der Waals surface area contributed by atoms with Crippen molar-refractivity contribution in [3.63, 3.8) is 0 Å². The summed E-state index contributed by atoms with van der Waals surface area (Å²) in [6.45, 7) is 15.7. The van der Waals surface area contributed by atoms with Crippen LogP contribution < -0.4 is 10.2 Å². The van der Waals surface area contributed by atoms with E-state index in [0.717, 1.165) is 42.7 Å². The van der Waals surface area contributed by atoms with Gasteiger partial charge in [0.15, 0.2) is 0 Å². The molecule has 0 saturated heterocycles. The molecule has 0 aliphatic carbocycles. The van der Waals surface area contributed by atoms with Gasteiger partial charge in [-0.2, -0.15) is 0 Å². The number of hydrogen-bond acceptors (Lipinski definition) is 4. The fourth-order valence-electron chi connectivity index (χ4n) is 2.07. The van der Waals surface area contributed by atoms with Crippen LogP contribution in [0.4, 0.5) is 11.6 Å². The SMILES string of the molecule is CCNc1nc(C)nc(N(CC)CC(C)C)c1C. The second-order valence-electron chi connectivity index (χ2n) is 5.03. The zero-order valence-electron chi connectivity index (χ0n) is 12.5. The Balaban J connectivity index is 3.12. The van der Waals surface area contributed by atoms with E-state index >= 15 is 0 Å². The van der Waals surface area contributed by atoms with Crippen LogP contribution >= 0.6 is 0 Å². The molecule has 0 saturated carbocycles. The standard InChI is InChI=1S/C14H26N4/c1-7-15-13-11(5)14(17-12(6)16-13)18(8-2)9-10(3)4/h10H,7-9H2,1-6H3,(H,15,16,17). The number of aromatic nitrogens is 2. The van der Waals surface area contributed by atoms with Crippen molar-refractivity contribution >= 4 is 11.6 Å². The molecule has 0 aliphatic rings. The minimum absolute atomic E-state index is 0.627. The predicted molar refractivity (Wildman–Crippen MR) is 78.4 cm³/mol. The number of nitrogens with one attached hydrogen (secondary N) is 1. The normalized spacial score (nSPS) is 10.8. The van der Waals surface area contributed by atoms with Crippen LogP contribution in [0.25, 0.3) is 0 Å². The fraction of sp³-hybridized carbons (Fsp3) is 0.714. The van der Waals surface area contributed by atoms with Gasteiger partial charge in [-0.25, -0.2) is 9.97 Å². The molecule has 4 heteroatoms. The zero-order valence-corrected chi connectivity index (χ0v) is 12.5. The summed E-state index contributed by atoms with van der Waals surface area (Å²) in [6, 6.07) is 0. The Hall–Kier alpha value is -1.32. The van der Waals surface area contributed by atoms with Crippen molar-refractivity contribution in [1.82, 2.24) is 9.97 Å². The van der Waals surface area contributed by atoms with Gasteiger partial charge < -0.3 is 10.2 Å². The zero-order chi connectivity index (χ0) is 13.7. The second kappa shape index (κ2) is 6.57. The lowest BCUT2D eigenvalue weighted by Crippen LogP contribution is -2.29. The molecule has 0 radical (unpaired) electrons. The van der Waals surface area contributed by atoms with E-state index in [9.17, 15) is 0 Å². The maximum atomic E-state index is 4.61. The molecule has 1 aromatic rings. The van der Waals surface area contributed by atoms with Gasteiger partial charge in [-0.15, -0.1) is 0 Å². The lowest BCUT2D eigenvalue weighted by Gasteiger charge is -2.26. The molecule has 1 aromatic heterocycles. The molecule has 1 rings (SSSR count). The summed E-state index contributed by atoms with van der Waals surface area (Å²) in [5, 5.41) is 3.31. The second-order valence-corrected chi connectivity index (χ2v) is 5.03. The van der Waals surface area contributed by atoms with Gasteiger partial charge in [0, 0.05) is 25.2 Å². The van der Waals surface area contributed by atoms with Crippen molar-refractivity contribution in [2.24, 2.45) is 5.92 Å². The summed E-state index contributed by atoms with van der Waals surface area (Å²) in [5.74, 6) is 3.48. The summed E-state index contributed by atoms with van der Waals surface area (Å²) in [7, 11) is 0. The topological polar surface area (TPSA) is 41.1 Å². The monoisotopic (exact) mass is 250 g/mol. The molecule has 102 valence electrons. The summed E-state index contributed by atoms with van der Waals surface area (Å²) in [4.78, 5) is 11.4. The molecule has 18 heavy (non-hydrogen) atoms. The highest BCUT2D eigenvalue weighted by atomic mass is 15.2. The minimum Gasteiger partial charge on any atom is -0.370 e. The quantitative estimate of drug-likeness (QED) is 0.842. The Bertz CT molecular complexity index is 388. The summed E-state index contributed by atoms with van der Waals surface area (Å²) in [5.41, 5.74) is 1.14. The highest BCUT2D eigenvalue weighted by Crippen LogP contribution is 2.24. The Morgan fingerprint density at radius 1 is 1.17 bits per heavy atom. The fourth-order valence-corrected chi connectivity index (χ4v) is 2.07. The molecule has 0 spiro atoms. The van der Waals surface area contributed by atoms with E-state index in [0.29, 0.717) is 5.92 Å². The van der Waals surface area contributed by atoms with Crippen LogP contribution in [0.15, 0.2) is 0 Å². The van der Waals surface area contributed by atoms with E-state index in [4.69, 9.17) is 0 Å². The van der Waals surface area contributed by atoms with Gasteiger partial charge in [0.2, 0.25) is 0 Å². The first kappa shape index (κ1) is 14.7. The molecule has 0 bridgehead atoms. The third kappa shape index (κ3) is 3.59. The maximum Gasteiger partial charge on any atom is 0.137 e. The number of rotatable bonds is 6. The average Bonchev–Trinajstić information content (AvgIpc) is 2.30. The van der Waals surface area contributed by atoms with Crippen LogP contribution in [0.2, 0.25) is 0 Å². The Morgan fingerprint density at radius 2 is 1.83 bits per heavy atom. The van der Waals surface area contributed by atoms with E-state index < -0.39 is 0 Å². The molecule has 0 atom stereocenters. The first-order valence-corrected chi connectivity index (χ1v) is 6.83. The third-order valence-corrected chi connectivity index (χ3v) is 2.84. The average molecular weight is 250 g/mol. The number of aryl methyl sites for hydroxylation is 1. The van der Waals surface area contributed by atoms with Crippen molar-refractivity contribution < 1.29 is 0 Å². The van der Waals surface area contributed by atoms with E-state index in [1.807, 2.05) is 6.92 Å². The largest absolute Gasteiger partial charge is 0.370 e. The van der Waals surface area contributed by atoms with Crippen LogP contribution in [-0.4, -0.2) is 29.6 Å². The summed E-state index contributed by atoms with van der Waals surface area (Å²) < 4.78 is 0. The Kier molecular flexibility index (Phi) is 5.38. The van der Waals surface area contributed by atoms with Crippen molar-refractivity contribution in [3.8, 4) is 0 Å². The molecule has 0 aromatic carbocycles. The van der Waals surface area contributed by atoms with Crippen molar-refractivity contribution in [2.75, 3.05) is 29.9 Å². The third-order valence-electron chi connectivity index (χ3n) is 2.84. The predicted octanol–water partition coefficient (Wildman–Crippen LogP) is 3.01. The van der Waals surface area contributed by atoms with Gasteiger partial charge in [-0.05, 0) is 33.6 Å². The van der Waals surface area contributed by atoms with E-state index in [1.165, 1.54) is 0 Å². The maximum absolute atomic E-state index is 4.61. The van der Waals surface area contributed by atoms with Crippen LogP contribution in [0.3, 0.4) is 0 Å². The molecule has 0 amide bonds. The van der Waals surface area contributed by atoms with Gasteiger partial charge >= 0.3 is 0 Å².